The highest BCUT2D eigenvalue weighted by atomic mass is 19.4. The third-order valence-electron chi connectivity index (χ3n) is 6.65. The Balaban J connectivity index is 1.70. The van der Waals surface area contributed by atoms with Gasteiger partial charge >= 0.3 is 6.18 Å². The molecular formula is C25H29F5. The summed E-state index contributed by atoms with van der Waals surface area (Å²) in [4.78, 5) is 0. The standard InChI is InChI=1S/C25H29F5/c1-3-16(2)4-5-17-6-8-18(9-7-17)20-14-22(26)24(23(27)15-20)19-10-12-21(13-11-19)25(28,29)30/h10-18H,3-9H2,1-2H3. The van der Waals surface area contributed by atoms with Gasteiger partial charge in [0, 0.05) is 0 Å². The summed E-state index contributed by atoms with van der Waals surface area (Å²) in [6, 6.07) is 6.66. The number of alkyl halides is 3. The van der Waals surface area contributed by atoms with Gasteiger partial charge in [0.05, 0.1) is 11.1 Å². The Labute approximate surface area is 175 Å². The summed E-state index contributed by atoms with van der Waals surface area (Å²) in [7, 11) is 0. The Hall–Kier alpha value is -1.91. The van der Waals surface area contributed by atoms with Crippen molar-refractivity contribution in [2.45, 2.75) is 70.9 Å². The van der Waals surface area contributed by atoms with Crippen molar-refractivity contribution in [1.29, 1.82) is 0 Å². The van der Waals surface area contributed by atoms with Crippen molar-refractivity contribution in [3.8, 4) is 11.1 Å². The zero-order chi connectivity index (χ0) is 21.9. The van der Waals surface area contributed by atoms with Gasteiger partial charge < -0.3 is 0 Å². The van der Waals surface area contributed by atoms with Crippen LogP contribution in [-0.4, -0.2) is 0 Å². The quantitative estimate of drug-likeness (QED) is 0.407. The zero-order valence-electron chi connectivity index (χ0n) is 17.5. The van der Waals surface area contributed by atoms with E-state index < -0.39 is 23.4 Å². The molecule has 0 bridgehead atoms. The molecule has 0 spiro atoms. The summed E-state index contributed by atoms with van der Waals surface area (Å²) >= 11 is 0. The Bertz CT molecular complexity index is 807. The van der Waals surface area contributed by atoms with E-state index >= 15 is 0 Å². The van der Waals surface area contributed by atoms with E-state index in [2.05, 4.69) is 13.8 Å². The highest BCUT2D eigenvalue weighted by molar-refractivity contribution is 5.66. The molecule has 0 saturated heterocycles. The molecule has 1 atom stereocenters. The highest BCUT2D eigenvalue weighted by Gasteiger charge is 2.30. The molecule has 1 fully saturated rings. The van der Waals surface area contributed by atoms with Crippen molar-refractivity contribution in [2.75, 3.05) is 0 Å². The number of rotatable bonds is 6. The van der Waals surface area contributed by atoms with Crippen molar-refractivity contribution in [3.05, 3.63) is 59.2 Å². The maximum Gasteiger partial charge on any atom is 0.416 e. The van der Waals surface area contributed by atoms with Crippen LogP contribution in [0.3, 0.4) is 0 Å². The first kappa shape index (κ1) is 22.8. The SMILES string of the molecule is CCC(C)CCC1CCC(c2cc(F)c(-c3ccc(C(F)(F)F)cc3)c(F)c2)CC1. The zero-order valence-corrected chi connectivity index (χ0v) is 17.5. The summed E-state index contributed by atoms with van der Waals surface area (Å²) < 4.78 is 67.7. The lowest BCUT2D eigenvalue weighted by Gasteiger charge is -2.29. The minimum Gasteiger partial charge on any atom is -0.206 e. The molecule has 0 amide bonds. The third-order valence-corrected chi connectivity index (χ3v) is 6.65. The summed E-state index contributed by atoms with van der Waals surface area (Å²) in [5, 5.41) is 0. The summed E-state index contributed by atoms with van der Waals surface area (Å²) in [6.07, 6.45) is 3.16. The first-order chi connectivity index (χ1) is 14.2. The van der Waals surface area contributed by atoms with E-state index in [4.69, 9.17) is 0 Å². The van der Waals surface area contributed by atoms with Crippen LogP contribution in [0.4, 0.5) is 22.0 Å². The Kier molecular flexibility index (Phi) is 7.20. The van der Waals surface area contributed by atoms with E-state index in [1.807, 2.05) is 0 Å². The van der Waals surface area contributed by atoms with Gasteiger partial charge in [0.1, 0.15) is 11.6 Å². The molecule has 30 heavy (non-hydrogen) atoms. The molecule has 3 rings (SSSR count). The molecule has 0 radical (unpaired) electrons. The van der Waals surface area contributed by atoms with E-state index in [9.17, 15) is 22.0 Å². The van der Waals surface area contributed by atoms with Gasteiger partial charge in [-0.1, -0.05) is 45.2 Å². The van der Waals surface area contributed by atoms with Crippen LogP contribution < -0.4 is 0 Å². The molecule has 0 nitrogen and oxygen atoms in total. The molecule has 1 aliphatic carbocycles. The summed E-state index contributed by atoms with van der Waals surface area (Å²) in [5.74, 6) is 0.128. The number of benzene rings is 2. The second kappa shape index (κ2) is 9.49. The molecule has 0 aromatic heterocycles. The molecule has 2 aromatic rings. The summed E-state index contributed by atoms with van der Waals surface area (Å²) in [5.41, 5.74) is -0.345. The van der Waals surface area contributed by atoms with Crippen LogP contribution in [0.15, 0.2) is 36.4 Å². The topological polar surface area (TPSA) is 0 Å². The number of hydrogen-bond donors (Lipinski definition) is 0. The normalized spacial score (nSPS) is 20.9. The Morgan fingerprint density at radius 2 is 1.50 bits per heavy atom. The van der Waals surface area contributed by atoms with Gasteiger partial charge in [0.2, 0.25) is 0 Å². The van der Waals surface area contributed by atoms with Crippen molar-refractivity contribution in [2.24, 2.45) is 11.8 Å². The Morgan fingerprint density at radius 3 is 2.00 bits per heavy atom. The fraction of sp³-hybridized carbons (Fsp3) is 0.520. The molecule has 5 heteroatoms. The molecule has 0 heterocycles. The van der Waals surface area contributed by atoms with Gasteiger partial charge in [-0.05, 0) is 78.8 Å². The fourth-order valence-electron chi connectivity index (χ4n) is 4.44. The van der Waals surface area contributed by atoms with Crippen molar-refractivity contribution >= 4 is 0 Å². The average molecular weight is 424 g/mol. The van der Waals surface area contributed by atoms with E-state index in [-0.39, 0.29) is 17.0 Å². The lowest BCUT2D eigenvalue weighted by molar-refractivity contribution is -0.137. The highest BCUT2D eigenvalue weighted by Crippen LogP contribution is 2.40. The van der Waals surface area contributed by atoms with E-state index in [0.29, 0.717) is 11.5 Å². The first-order valence-electron chi connectivity index (χ1n) is 10.9. The second-order valence-corrected chi connectivity index (χ2v) is 8.74. The van der Waals surface area contributed by atoms with Gasteiger partial charge in [-0.2, -0.15) is 13.2 Å². The van der Waals surface area contributed by atoms with Crippen LogP contribution in [0, 0.1) is 23.5 Å². The van der Waals surface area contributed by atoms with Crippen LogP contribution in [0.25, 0.3) is 11.1 Å². The van der Waals surface area contributed by atoms with Gasteiger partial charge in [0.25, 0.3) is 0 Å². The van der Waals surface area contributed by atoms with Crippen molar-refractivity contribution in [3.63, 3.8) is 0 Å². The van der Waals surface area contributed by atoms with Crippen LogP contribution in [-0.2, 0) is 6.18 Å². The molecule has 1 saturated carbocycles. The largest absolute Gasteiger partial charge is 0.416 e. The fourth-order valence-corrected chi connectivity index (χ4v) is 4.44. The van der Waals surface area contributed by atoms with Crippen LogP contribution in [0.2, 0.25) is 0 Å². The molecule has 0 aliphatic heterocycles. The first-order valence-corrected chi connectivity index (χ1v) is 10.9. The van der Waals surface area contributed by atoms with Crippen LogP contribution in [0.5, 0.6) is 0 Å². The van der Waals surface area contributed by atoms with Crippen molar-refractivity contribution < 1.29 is 22.0 Å². The maximum atomic E-state index is 14.7. The van der Waals surface area contributed by atoms with E-state index in [1.165, 1.54) is 31.4 Å². The van der Waals surface area contributed by atoms with Crippen LogP contribution >= 0.6 is 0 Å². The molecular weight excluding hydrogens is 395 g/mol. The molecule has 1 unspecified atom stereocenters. The lowest BCUT2D eigenvalue weighted by Crippen LogP contribution is -2.14. The number of halogens is 5. The van der Waals surface area contributed by atoms with Crippen molar-refractivity contribution in [1.82, 2.24) is 0 Å². The monoisotopic (exact) mass is 424 g/mol. The lowest BCUT2D eigenvalue weighted by atomic mass is 9.76. The minimum absolute atomic E-state index is 0.110. The molecule has 1 aliphatic rings. The number of hydrogen-bond acceptors (Lipinski definition) is 0. The predicted octanol–water partition coefficient (Wildman–Crippen LogP) is 8.75. The maximum absolute atomic E-state index is 14.7. The predicted molar refractivity (Wildman–Crippen MR) is 110 cm³/mol. The Morgan fingerprint density at radius 1 is 0.933 bits per heavy atom. The second-order valence-electron chi connectivity index (χ2n) is 8.74. The molecule has 2 aromatic carbocycles. The minimum atomic E-state index is -4.48. The van der Waals surface area contributed by atoms with Gasteiger partial charge in [0.15, 0.2) is 0 Å². The van der Waals surface area contributed by atoms with Gasteiger partial charge in [-0.25, -0.2) is 8.78 Å². The molecule has 164 valence electrons. The van der Waals surface area contributed by atoms with E-state index in [1.54, 1.807) is 0 Å². The summed E-state index contributed by atoms with van der Waals surface area (Å²) in [6.45, 7) is 4.48. The van der Waals surface area contributed by atoms with Gasteiger partial charge in [-0.15, -0.1) is 0 Å². The molecule has 0 N–H and O–H groups in total. The third kappa shape index (κ3) is 5.41. The van der Waals surface area contributed by atoms with Crippen LogP contribution in [0.1, 0.15) is 75.8 Å². The average Bonchev–Trinajstić information content (AvgIpc) is 2.71. The smallest absolute Gasteiger partial charge is 0.206 e. The van der Waals surface area contributed by atoms with E-state index in [0.717, 1.165) is 55.9 Å². The van der Waals surface area contributed by atoms with Gasteiger partial charge in [-0.3, -0.25) is 0 Å².